The smallest absolute Gasteiger partial charge is 0.759 e. The van der Waals surface area contributed by atoms with Crippen molar-refractivity contribution in [3.63, 3.8) is 0 Å². The Bertz CT molecular complexity index is 156. The van der Waals surface area contributed by atoms with E-state index in [0.29, 0.717) is 0 Å². The molecule has 10 heavy (non-hydrogen) atoms. The van der Waals surface area contributed by atoms with E-state index in [9.17, 15) is 0 Å². The van der Waals surface area contributed by atoms with Crippen LogP contribution in [0.3, 0.4) is 0 Å². The minimum absolute atomic E-state index is 0. The molecule has 0 amide bonds. The molecule has 0 heterocycles. The molecule has 0 aromatic rings. The predicted octanol–water partition coefficient (Wildman–Crippen LogP) is -1.58. The van der Waals surface area contributed by atoms with Crippen molar-refractivity contribution in [1.82, 2.24) is 0 Å². The van der Waals surface area contributed by atoms with Gasteiger partial charge in [0.05, 0.1) is 5.09 Å². The van der Waals surface area contributed by atoms with Gasteiger partial charge in [0.15, 0.2) is 0 Å². The third-order valence-corrected chi connectivity index (χ3v) is 0. The molecule has 0 spiro atoms. The van der Waals surface area contributed by atoms with Crippen LogP contribution in [0.2, 0.25) is 0 Å². The maximum absolute atomic E-state index is 8.52. The van der Waals surface area contributed by atoms with Crippen molar-refractivity contribution in [1.29, 1.82) is 0 Å². The number of hydrogen-bond acceptors (Lipinski definition) is 7. The van der Waals surface area contributed by atoms with Gasteiger partial charge in [-0.15, -0.1) is 0 Å². The Hall–Kier alpha value is -0.190. The zero-order valence-electron chi connectivity index (χ0n) is 4.01. The first-order valence-electron chi connectivity index (χ1n) is 1.21. The van der Waals surface area contributed by atoms with Crippen molar-refractivity contribution in [3.8, 4) is 0 Å². The summed E-state index contributed by atoms with van der Waals surface area (Å²) in [6, 6.07) is 0. The normalized spacial score (nSPS) is 8.20. The Morgan fingerprint density at radius 2 is 1.10 bits per heavy atom. The number of nitrogens with zero attached hydrogens (tertiary/aromatic N) is 1. The van der Waals surface area contributed by atoms with Gasteiger partial charge in [0.1, 0.15) is 0 Å². The summed E-state index contributed by atoms with van der Waals surface area (Å²) in [7, 11) is -5.17. The van der Waals surface area contributed by atoms with Crippen molar-refractivity contribution in [2.45, 2.75) is 0 Å². The van der Waals surface area contributed by atoms with E-state index in [1.165, 1.54) is 0 Å². The molecule has 0 N–H and O–H groups in total. The summed E-state index contributed by atoms with van der Waals surface area (Å²) in [5.74, 6) is 0. The van der Waals surface area contributed by atoms with Crippen LogP contribution in [0.1, 0.15) is 0 Å². The Kier molecular flexibility index (Phi) is 11.4. The van der Waals surface area contributed by atoms with E-state index in [-0.39, 0.29) is 22.4 Å². The first kappa shape index (κ1) is 16.4. The molecule has 10 heteroatoms. The summed E-state index contributed by atoms with van der Waals surface area (Å²) in [5, 5.41) is 14.8. The second kappa shape index (κ2) is 6.92. The first-order valence-corrected chi connectivity index (χ1v) is 2.55. The van der Waals surface area contributed by atoms with Crippen molar-refractivity contribution in [2.75, 3.05) is 0 Å². The van der Waals surface area contributed by atoms with Crippen LogP contribution in [-0.4, -0.2) is 22.6 Å². The van der Waals surface area contributed by atoms with Crippen LogP contribution in [0.15, 0.2) is 0 Å². The quantitative estimate of drug-likeness (QED) is 0.167. The maximum Gasteiger partial charge on any atom is 3.00 e. The molecule has 64 valence electrons. The molecule has 0 bridgehead atoms. The summed E-state index contributed by atoms with van der Waals surface area (Å²) in [6.07, 6.45) is 0. The average Bonchev–Trinajstić information content (AvgIpc) is 1.19. The van der Waals surface area contributed by atoms with Gasteiger partial charge in [-0.25, -0.2) is 0 Å². The molecule has 0 aromatic carbocycles. The van der Waals surface area contributed by atoms with Crippen LogP contribution in [0, 0.1) is 15.3 Å². The van der Waals surface area contributed by atoms with E-state index in [1.54, 1.807) is 0 Å². The Balaban J connectivity index is -0.0000000910. The molecule has 0 unspecified atom stereocenters. The fourth-order valence-electron chi connectivity index (χ4n) is 0. The Morgan fingerprint density at radius 1 is 1.10 bits per heavy atom. The molecule has 0 aliphatic carbocycles. The third-order valence-electron chi connectivity index (χ3n) is 0. The molecule has 0 fully saturated rings. The van der Waals surface area contributed by atoms with Gasteiger partial charge in [-0.05, 0) is 0 Å². The van der Waals surface area contributed by atoms with E-state index < -0.39 is 15.5 Å². The summed E-state index contributed by atoms with van der Waals surface area (Å²) >= 11 is 0. The van der Waals surface area contributed by atoms with Gasteiger partial charge in [0.25, 0.3) is 0 Å². The Morgan fingerprint density at radius 3 is 1.10 bits per heavy atom. The summed E-state index contributed by atoms with van der Waals surface area (Å²) in [5.41, 5.74) is 0. The van der Waals surface area contributed by atoms with Gasteiger partial charge < -0.3 is 24.4 Å². The monoisotopic (exact) mass is 355 g/mol. The molecule has 8 nitrogen and oxygen atoms in total. The van der Waals surface area contributed by atoms with Crippen molar-refractivity contribution in [2.24, 2.45) is 0 Å². The molecule has 0 radical (unpaired) electrons. The van der Waals surface area contributed by atoms with Crippen LogP contribution < -0.4 is 0 Å². The van der Waals surface area contributed by atoms with E-state index in [4.69, 9.17) is 32.8 Å². The number of rotatable bonds is 0. The van der Waals surface area contributed by atoms with Crippen LogP contribution in [-0.2, 0) is 32.8 Å². The fourth-order valence-corrected chi connectivity index (χ4v) is 0. The first-order chi connectivity index (χ1) is 3.73. The molecule has 0 aliphatic heterocycles. The second-order valence-electron chi connectivity index (χ2n) is 0.632. The summed E-state index contributed by atoms with van der Waals surface area (Å²) in [4.78, 5) is 8.25. The molecular formula is AuNO7S. The van der Waals surface area contributed by atoms with Gasteiger partial charge in [0.2, 0.25) is 0 Å². The minimum atomic E-state index is -5.17. The molecule has 0 saturated carbocycles. The molecule has 0 saturated heterocycles. The van der Waals surface area contributed by atoms with E-state index in [2.05, 4.69) is 0 Å². The van der Waals surface area contributed by atoms with Crippen LogP contribution in [0.4, 0.5) is 0 Å². The summed E-state index contributed by atoms with van der Waals surface area (Å²) in [6.45, 7) is 0. The molecule has 0 aromatic heterocycles. The molecule has 0 aliphatic rings. The van der Waals surface area contributed by atoms with E-state index in [0.717, 1.165) is 0 Å². The van der Waals surface area contributed by atoms with E-state index in [1.807, 2.05) is 0 Å². The zero-order chi connectivity index (χ0) is 8.08. The standard InChI is InChI=1S/Au.NO3.H2O4S/c;2-1(3)4;1-5(2,3)4/h;;(H2,1,2,3,4)/q+3;-1;/p-2. The van der Waals surface area contributed by atoms with E-state index >= 15 is 0 Å². The summed E-state index contributed by atoms with van der Waals surface area (Å²) < 4.78 is 34.1. The predicted molar refractivity (Wildman–Crippen MR) is 20.8 cm³/mol. The molecular weight excluding hydrogens is 355 g/mol. The van der Waals surface area contributed by atoms with Gasteiger partial charge in [0, 0.05) is 10.4 Å². The van der Waals surface area contributed by atoms with Crippen molar-refractivity contribution < 1.29 is 45.0 Å². The van der Waals surface area contributed by atoms with Gasteiger partial charge >= 0.3 is 22.4 Å². The van der Waals surface area contributed by atoms with Crippen molar-refractivity contribution in [3.05, 3.63) is 15.3 Å². The SMILES string of the molecule is O=S(=O)([O-])[O-].O=[N+]([O-])[O-].[Au+3]. The van der Waals surface area contributed by atoms with Crippen LogP contribution >= 0.6 is 0 Å². The fraction of sp³-hybridized carbons (Fsp3) is 0. The topological polar surface area (TPSA) is 146 Å². The minimum Gasteiger partial charge on any atom is -0.759 e. The van der Waals surface area contributed by atoms with Gasteiger partial charge in [-0.1, -0.05) is 0 Å². The van der Waals surface area contributed by atoms with Gasteiger partial charge in [-0.3, -0.25) is 8.42 Å². The average molecular weight is 355 g/mol. The number of hydrogen-bond donors (Lipinski definition) is 0. The largest absolute Gasteiger partial charge is 3.00 e. The maximum atomic E-state index is 8.52. The van der Waals surface area contributed by atoms with Crippen LogP contribution in [0.25, 0.3) is 0 Å². The van der Waals surface area contributed by atoms with Crippen LogP contribution in [0.5, 0.6) is 0 Å². The molecule has 0 rings (SSSR count). The van der Waals surface area contributed by atoms with Crippen molar-refractivity contribution >= 4 is 10.4 Å². The van der Waals surface area contributed by atoms with Gasteiger partial charge in [-0.2, -0.15) is 0 Å². The third kappa shape index (κ3) is 10100. The molecule has 0 atom stereocenters. The zero-order valence-corrected chi connectivity index (χ0v) is 7.00. The second-order valence-corrected chi connectivity index (χ2v) is 1.45. The Labute approximate surface area is 71.0 Å².